The van der Waals surface area contributed by atoms with Crippen LogP contribution in [0.3, 0.4) is 0 Å². The van der Waals surface area contributed by atoms with Gasteiger partial charge in [-0.15, -0.1) is 0 Å². The van der Waals surface area contributed by atoms with Crippen molar-refractivity contribution in [2.24, 2.45) is 4.99 Å². The summed E-state index contributed by atoms with van der Waals surface area (Å²) < 4.78 is 0. The van der Waals surface area contributed by atoms with Crippen molar-refractivity contribution in [3.63, 3.8) is 0 Å². The Morgan fingerprint density at radius 3 is 2.94 bits per heavy atom. The fraction of sp³-hybridized carbons (Fsp3) is 0.300. The lowest BCUT2D eigenvalue weighted by Crippen LogP contribution is -2.35. The second-order valence-electron chi connectivity index (χ2n) is 3.49. The van der Waals surface area contributed by atoms with Gasteiger partial charge in [0.05, 0.1) is 19.0 Å². The second-order valence-corrected chi connectivity index (χ2v) is 4.33. The standard InChI is InChI=1S/C10H11Cl2N3O/c11-7-1-2-8(9(12)3-7)10(16)4-15-6-13-5-14-15/h1-3,5,10,16H,4,6H2,(H,13,14). The number of nitrogens with zero attached hydrogens (tertiary/aromatic N) is 2. The SMILES string of the molecule is OC(CN1CN=CN1)c1ccc(Cl)cc1Cl. The summed E-state index contributed by atoms with van der Waals surface area (Å²) in [5.41, 5.74) is 3.57. The lowest BCUT2D eigenvalue weighted by Gasteiger charge is -2.19. The van der Waals surface area contributed by atoms with Gasteiger partial charge in [0.15, 0.2) is 0 Å². The van der Waals surface area contributed by atoms with E-state index in [4.69, 9.17) is 23.2 Å². The average Bonchev–Trinajstić information content (AvgIpc) is 2.70. The summed E-state index contributed by atoms with van der Waals surface area (Å²) >= 11 is 11.8. The third-order valence-electron chi connectivity index (χ3n) is 2.30. The third kappa shape index (κ3) is 2.65. The molecule has 1 aromatic rings. The van der Waals surface area contributed by atoms with Gasteiger partial charge in [-0.3, -0.25) is 4.99 Å². The molecule has 0 amide bonds. The Hall–Kier alpha value is -0.810. The number of halogens is 2. The summed E-state index contributed by atoms with van der Waals surface area (Å²) in [6, 6.07) is 5.06. The van der Waals surface area contributed by atoms with Gasteiger partial charge in [-0.05, 0) is 12.1 Å². The van der Waals surface area contributed by atoms with E-state index in [9.17, 15) is 5.11 Å². The van der Waals surface area contributed by atoms with E-state index in [0.717, 1.165) is 0 Å². The smallest absolute Gasteiger partial charge is 0.110 e. The fourth-order valence-electron chi connectivity index (χ4n) is 1.49. The highest BCUT2D eigenvalue weighted by Gasteiger charge is 2.17. The van der Waals surface area contributed by atoms with E-state index >= 15 is 0 Å². The molecular weight excluding hydrogens is 249 g/mol. The van der Waals surface area contributed by atoms with Gasteiger partial charge >= 0.3 is 0 Å². The summed E-state index contributed by atoms with van der Waals surface area (Å²) in [5, 5.41) is 12.8. The zero-order valence-electron chi connectivity index (χ0n) is 8.40. The van der Waals surface area contributed by atoms with Gasteiger partial charge < -0.3 is 10.5 Å². The van der Waals surface area contributed by atoms with E-state index in [-0.39, 0.29) is 0 Å². The van der Waals surface area contributed by atoms with Crippen LogP contribution in [0, 0.1) is 0 Å². The molecule has 1 aromatic carbocycles. The molecule has 1 atom stereocenters. The number of β-amino-alcohol motifs (C(OH)–C–C–N with tert-alkyl or cyclic N) is 1. The number of benzene rings is 1. The van der Waals surface area contributed by atoms with Gasteiger partial charge in [-0.25, -0.2) is 0 Å². The highest BCUT2D eigenvalue weighted by molar-refractivity contribution is 6.35. The molecule has 86 valence electrons. The van der Waals surface area contributed by atoms with Crippen LogP contribution in [0.15, 0.2) is 23.2 Å². The maximum Gasteiger partial charge on any atom is 0.110 e. The predicted octanol–water partition coefficient (Wildman–Crippen LogP) is 1.83. The molecule has 1 unspecified atom stereocenters. The van der Waals surface area contributed by atoms with Crippen molar-refractivity contribution >= 4 is 29.5 Å². The van der Waals surface area contributed by atoms with E-state index in [1.807, 2.05) is 0 Å². The lowest BCUT2D eigenvalue weighted by atomic mass is 10.1. The number of hydrogen-bond donors (Lipinski definition) is 2. The molecule has 0 saturated heterocycles. The van der Waals surface area contributed by atoms with Crippen LogP contribution in [0.1, 0.15) is 11.7 Å². The van der Waals surface area contributed by atoms with Crippen molar-refractivity contribution < 1.29 is 5.11 Å². The molecule has 2 rings (SSSR count). The van der Waals surface area contributed by atoms with Crippen molar-refractivity contribution in [2.75, 3.05) is 13.2 Å². The molecule has 1 aliphatic rings. The van der Waals surface area contributed by atoms with Crippen LogP contribution in [0.5, 0.6) is 0 Å². The van der Waals surface area contributed by atoms with Crippen LogP contribution in [0.4, 0.5) is 0 Å². The Balaban J connectivity index is 2.05. The van der Waals surface area contributed by atoms with Gasteiger partial charge in [0.1, 0.15) is 6.67 Å². The van der Waals surface area contributed by atoms with Crippen molar-refractivity contribution in [1.29, 1.82) is 0 Å². The molecule has 0 aliphatic carbocycles. The topological polar surface area (TPSA) is 47.9 Å². The Bertz CT molecular complexity index is 403. The molecule has 1 heterocycles. The van der Waals surface area contributed by atoms with Crippen molar-refractivity contribution in [3.8, 4) is 0 Å². The third-order valence-corrected chi connectivity index (χ3v) is 2.86. The molecule has 1 aliphatic heterocycles. The number of aliphatic hydroxyl groups is 1. The molecule has 2 N–H and O–H groups in total. The molecule has 0 saturated carbocycles. The summed E-state index contributed by atoms with van der Waals surface area (Å²) in [6.07, 6.45) is 0.926. The Morgan fingerprint density at radius 2 is 2.31 bits per heavy atom. The summed E-state index contributed by atoms with van der Waals surface area (Å²) in [4.78, 5) is 3.97. The number of hydrogen-bond acceptors (Lipinski definition) is 4. The van der Waals surface area contributed by atoms with Gasteiger partial charge in [0, 0.05) is 15.6 Å². The molecule has 0 aromatic heterocycles. The molecule has 0 radical (unpaired) electrons. The monoisotopic (exact) mass is 259 g/mol. The van der Waals surface area contributed by atoms with Crippen LogP contribution >= 0.6 is 23.2 Å². The normalized spacial score (nSPS) is 17.4. The number of aliphatic imine (C=N–C) groups is 1. The van der Waals surface area contributed by atoms with Gasteiger partial charge in [-0.1, -0.05) is 29.3 Å². The minimum absolute atomic E-state index is 0.418. The first-order valence-electron chi connectivity index (χ1n) is 4.79. The maximum atomic E-state index is 9.99. The van der Waals surface area contributed by atoms with Gasteiger partial charge in [0.25, 0.3) is 0 Å². The summed E-state index contributed by atoms with van der Waals surface area (Å²) in [5.74, 6) is 0. The first-order chi connectivity index (χ1) is 7.66. The van der Waals surface area contributed by atoms with Crippen molar-refractivity contribution in [1.82, 2.24) is 10.4 Å². The average molecular weight is 260 g/mol. The Kier molecular flexibility index (Phi) is 3.66. The molecule has 0 bridgehead atoms. The van der Waals surface area contributed by atoms with Crippen LogP contribution in [-0.4, -0.2) is 29.7 Å². The summed E-state index contributed by atoms with van der Waals surface area (Å²) in [6.45, 7) is 0.948. The molecule has 4 nitrogen and oxygen atoms in total. The van der Waals surface area contributed by atoms with Crippen LogP contribution in [0.2, 0.25) is 10.0 Å². The maximum absolute atomic E-state index is 9.99. The lowest BCUT2D eigenvalue weighted by molar-refractivity contribution is 0.107. The Morgan fingerprint density at radius 1 is 1.50 bits per heavy atom. The van der Waals surface area contributed by atoms with E-state index in [2.05, 4.69) is 10.4 Å². The molecular formula is C10H11Cl2N3O. The minimum atomic E-state index is -0.668. The van der Waals surface area contributed by atoms with Crippen molar-refractivity contribution in [2.45, 2.75) is 6.10 Å². The zero-order chi connectivity index (χ0) is 11.5. The van der Waals surface area contributed by atoms with E-state index in [1.165, 1.54) is 0 Å². The number of nitrogens with one attached hydrogen (secondary N) is 1. The quantitative estimate of drug-likeness (QED) is 0.871. The molecule has 16 heavy (non-hydrogen) atoms. The van der Waals surface area contributed by atoms with Crippen LogP contribution in [-0.2, 0) is 0 Å². The van der Waals surface area contributed by atoms with Gasteiger partial charge in [0.2, 0.25) is 0 Å². The minimum Gasteiger partial charge on any atom is -0.387 e. The van der Waals surface area contributed by atoms with Gasteiger partial charge in [-0.2, -0.15) is 5.01 Å². The second kappa shape index (κ2) is 5.01. The first-order valence-corrected chi connectivity index (χ1v) is 5.55. The van der Waals surface area contributed by atoms with Crippen LogP contribution in [0.25, 0.3) is 0 Å². The fourth-order valence-corrected chi connectivity index (χ4v) is 2.03. The number of aliphatic hydroxyl groups excluding tert-OH is 1. The first kappa shape index (κ1) is 11.7. The molecule has 6 heteroatoms. The van der Waals surface area contributed by atoms with E-state index in [0.29, 0.717) is 28.8 Å². The summed E-state index contributed by atoms with van der Waals surface area (Å²) in [7, 11) is 0. The largest absolute Gasteiger partial charge is 0.387 e. The molecule has 0 spiro atoms. The highest BCUT2D eigenvalue weighted by Crippen LogP contribution is 2.26. The number of hydrazine groups is 1. The van der Waals surface area contributed by atoms with E-state index < -0.39 is 6.10 Å². The Labute approximate surface area is 103 Å². The highest BCUT2D eigenvalue weighted by atomic mass is 35.5. The van der Waals surface area contributed by atoms with Crippen LogP contribution < -0.4 is 5.43 Å². The van der Waals surface area contributed by atoms with E-state index in [1.54, 1.807) is 29.5 Å². The molecule has 0 fully saturated rings. The zero-order valence-corrected chi connectivity index (χ0v) is 9.91. The van der Waals surface area contributed by atoms with Crippen molar-refractivity contribution in [3.05, 3.63) is 33.8 Å². The number of rotatable bonds is 3. The predicted molar refractivity (Wildman–Crippen MR) is 64.6 cm³/mol.